The average Bonchev–Trinajstić information content (AvgIpc) is 2.82. The second kappa shape index (κ2) is 7.19. The first-order valence-corrected chi connectivity index (χ1v) is 8.69. The zero-order chi connectivity index (χ0) is 16.3. The van der Waals surface area contributed by atoms with Crippen LogP contribution in [0.4, 0.5) is 5.69 Å². The number of aliphatic imine (C=N–C) groups is 1. The van der Waals surface area contributed by atoms with Crippen LogP contribution in [0.25, 0.3) is 0 Å². The fraction of sp³-hybridized carbons (Fsp3) is 0.421. The van der Waals surface area contributed by atoms with Crippen LogP contribution in [0.1, 0.15) is 46.1 Å². The third-order valence-electron chi connectivity index (χ3n) is 4.06. The van der Waals surface area contributed by atoms with Crippen molar-refractivity contribution in [3.05, 3.63) is 52.6 Å². The lowest BCUT2D eigenvalue weighted by molar-refractivity contribution is 0.793. The highest BCUT2D eigenvalue weighted by atomic mass is 32.2. The Kier molecular flexibility index (Phi) is 5.52. The van der Waals surface area contributed by atoms with Gasteiger partial charge in [0.1, 0.15) is 0 Å². The summed E-state index contributed by atoms with van der Waals surface area (Å²) in [7, 11) is 0. The van der Waals surface area contributed by atoms with Crippen LogP contribution in [0.2, 0.25) is 0 Å². The number of allylic oxidation sites excluding steroid dienone is 2. The van der Waals surface area contributed by atoms with Crippen molar-refractivity contribution in [1.82, 2.24) is 0 Å². The second-order valence-electron chi connectivity index (χ2n) is 5.86. The minimum absolute atomic E-state index is 0.569. The average molecular weight is 314 g/mol. The van der Waals surface area contributed by atoms with Gasteiger partial charge in [-0.1, -0.05) is 43.5 Å². The van der Waals surface area contributed by atoms with Gasteiger partial charge in [-0.25, -0.2) is 0 Å². The lowest BCUT2D eigenvalue weighted by Gasteiger charge is -2.23. The summed E-state index contributed by atoms with van der Waals surface area (Å²) in [6.45, 7) is 16.6. The van der Waals surface area contributed by atoms with E-state index in [1.807, 2.05) is 6.92 Å². The quantitative estimate of drug-likeness (QED) is 0.532. The van der Waals surface area contributed by atoms with Crippen molar-refractivity contribution in [2.45, 2.75) is 40.5 Å². The van der Waals surface area contributed by atoms with Gasteiger partial charge in [-0.05, 0) is 44.2 Å². The number of nitrogens with zero attached hydrogens (tertiary/aromatic N) is 2. The number of fused-ring (bicyclic) bond motifs is 1. The standard InChI is InChI=1S/C19H26N2S/c1-7-20-19(22-13(2)3)15(5)16(6)21-12-14(4)17-10-8-9-11-18(17)21/h8-11,14H,2,7,12H2,1,3-6H3/b16-15+,20-19?. The van der Waals surface area contributed by atoms with Gasteiger partial charge in [0.2, 0.25) is 0 Å². The first kappa shape index (κ1) is 16.9. The summed E-state index contributed by atoms with van der Waals surface area (Å²) in [5.74, 6) is 0.569. The maximum atomic E-state index is 4.67. The summed E-state index contributed by atoms with van der Waals surface area (Å²) in [6, 6.07) is 8.71. The normalized spacial score (nSPS) is 19.0. The van der Waals surface area contributed by atoms with E-state index in [1.165, 1.54) is 22.5 Å². The van der Waals surface area contributed by atoms with Crippen molar-refractivity contribution in [1.29, 1.82) is 0 Å². The molecule has 1 heterocycles. The molecule has 118 valence electrons. The molecule has 2 nitrogen and oxygen atoms in total. The van der Waals surface area contributed by atoms with E-state index in [0.717, 1.165) is 23.0 Å². The van der Waals surface area contributed by atoms with Crippen molar-refractivity contribution < 1.29 is 0 Å². The minimum Gasteiger partial charge on any atom is -0.344 e. The molecule has 0 spiro atoms. The molecule has 0 amide bonds. The Labute approximate surface area is 139 Å². The molecular formula is C19H26N2S. The number of para-hydroxylation sites is 1. The number of rotatable bonds is 4. The molecule has 1 aromatic rings. The largest absolute Gasteiger partial charge is 0.344 e. The van der Waals surface area contributed by atoms with E-state index >= 15 is 0 Å². The van der Waals surface area contributed by atoms with Crippen LogP contribution in [0.5, 0.6) is 0 Å². The molecule has 0 fully saturated rings. The summed E-state index contributed by atoms with van der Waals surface area (Å²) >= 11 is 1.67. The van der Waals surface area contributed by atoms with E-state index < -0.39 is 0 Å². The monoisotopic (exact) mass is 314 g/mol. The Bertz CT molecular complexity index is 628. The van der Waals surface area contributed by atoms with Gasteiger partial charge in [-0.2, -0.15) is 0 Å². The zero-order valence-electron chi connectivity index (χ0n) is 14.3. The van der Waals surface area contributed by atoms with Gasteiger partial charge in [0, 0.05) is 36.0 Å². The summed E-state index contributed by atoms with van der Waals surface area (Å²) in [5, 5.41) is 1.09. The van der Waals surface area contributed by atoms with E-state index in [9.17, 15) is 0 Å². The Morgan fingerprint density at radius 2 is 2.00 bits per heavy atom. The van der Waals surface area contributed by atoms with Crippen molar-refractivity contribution in [2.24, 2.45) is 4.99 Å². The zero-order valence-corrected chi connectivity index (χ0v) is 15.1. The van der Waals surface area contributed by atoms with Crippen LogP contribution in [0.15, 0.2) is 52.0 Å². The molecule has 0 aliphatic carbocycles. The number of thioether (sulfide) groups is 1. The molecular weight excluding hydrogens is 288 g/mol. The number of benzene rings is 1. The van der Waals surface area contributed by atoms with Gasteiger partial charge in [0.05, 0.1) is 5.04 Å². The van der Waals surface area contributed by atoms with Crippen molar-refractivity contribution >= 4 is 22.5 Å². The molecule has 0 radical (unpaired) electrons. The second-order valence-corrected chi connectivity index (χ2v) is 7.15. The van der Waals surface area contributed by atoms with E-state index in [0.29, 0.717) is 5.92 Å². The summed E-state index contributed by atoms with van der Waals surface area (Å²) < 4.78 is 0. The Morgan fingerprint density at radius 3 is 2.64 bits per heavy atom. The predicted molar refractivity (Wildman–Crippen MR) is 101 cm³/mol. The van der Waals surface area contributed by atoms with Crippen molar-refractivity contribution in [3.8, 4) is 0 Å². The molecule has 22 heavy (non-hydrogen) atoms. The van der Waals surface area contributed by atoms with Crippen molar-refractivity contribution in [3.63, 3.8) is 0 Å². The van der Waals surface area contributed by atoms with Gasteiger partial charge in [0.25, 0.3) is 0 Å². The molecule has 1 aromatic carbocycles. The highest BCUT2D eigenvalue weighted by Gasteiger charge is 2.27. The molecule has 0 saturated heterocycles. The van der Waals surface area contributed by atoms with Crippen LogP contribution in [-0.4, -0.2) is 18.1 Å². The van der Waals surface area contributed by atoms with E-state index in [1.54, 1.807) is 11.8 Å². The molecule has 1 aliphatic heterocycles. The Hall–Kier alpha value is -1.48. The maximum absolute atomic E-state index is 4.67. The molecule has 1 unspecified atom stereocenters. The van der Waals surface area contributed by atoms with E-state index in [2.05, 4.69) is 68.4 Å². The smallest absolute Gasteiger partial charge is 0.0994 e. The van der Waals surface area contributed by atoms with Gasteiger partial charge < -0.3 is 4.90 Å². The van der Waals surface area contributed by atoms with Crippen LogP contribution in [-0.2, 0) is 0 Å². The van der Waals surface area contributed by atoms with Crippen LogP contribution < -0.4 is 4.90 Å². The first-order valence-electron chi connectivity index (χ1n) is 7.87. The van der Waals surface area contributed by atoms with Crippen LogP contribution in [0, 0.1) is 0 Å². The molecule has 2 rings (SSSR count). The summed E-state index contributed by atoms with van der Waals surface area (Å²) in [4.78, 5) is 8.17. The fourth-order valence-corrected chi connectivity index (χ4v) is 3.66. The number of hydrogen-bond donors (Lipinski definition) is 0. The van der Waals surface area contributed by atoms with Gasteiger partial charge in [-0.15, -0.1) is 0 Å². The highest BCUT2D eigenvalue weighted by Crippen LogP contribution is 2.39. The summed E-state index contributed by atoms with van der Waals surface area (Å²) in [6.07, 6.45) is 0. The van der Waals surface area contributed by atoms with Crippen LogP contribution >= 0.6 is 11.8 Å². The molecule has 3 heteroatoms. The highest BCUT2D eigenvalue weighted by molar-refractivity contribution is 8.17. The maximum Gasteiger partial charge on any atom is 0.0994 e. The Morgan fingerprint density at radius 1 is 1.32 bits per heavy atom. The van der Waals surface area contributed by atoms with Crippen molar-refractivity contribution in [2.75, 3.05) is 18.0 Å². The number of anilines is 1. The third kappa shape index (κ3) is 3.46. The van der Waals surface area contributed by atoms with E-state index in [-0.39, 0.29) is 0 Å². The third-order valence-corrected chi connectivity index (χ3v) is 5.03. The molecule has 1 aliphatic rings. The first-order chi connectivity index (χ1) is 10.5. The lowest BCUT2D eigenvalue weighted by atomic mass is 10.0. The molecule has 1 atom stereocenters. The van der Waals surface area contributed by atoms with Crippen LogP contribution in [0.3, 0.4) is 0 Å². The molecule has 0 aromatic heterocycles. The van der Waals surface area contributed by atoms with Gasteiger partial charge in [-0.3, -0.25) is 4.99 Å². The molecule has 0 N–H and O–H groups in total. The predicted octanol–water partition coefficient (Wildman–Crippen LogP) is 5.59. The van der Waals surface area contributed by atoms with Gasteiger partial charge >= 0.3 is 0 Å². The van der Waals surface area contributed by atoms with Gasteiger partial charge in [0.15, 0.2) is 0 Å². The molecule has 0 saturated carbocycles. The Balaban J connectivity index is 2.39. The fourth-order valence-electron chi connectivity index (χ4n) is 2.83. The molecule has 0 bridgehead atoms. The number of hydrogen-bond acceptors (Lipinski definition) is 3. The lowest BCUT2D eigenvalue weighted by Crippen LogP contribution is -2.21. The minimum atomic E-state index is 0.569. The SMILES string of the molecule is C=C(C)SC(=NCC)/C(C)=C(\C)N1CC(C)c2ccccc21. The topological polar surface area (TPSA) is 15.6 Å². The summed E-state index contributed by atoms with van der Waals surface area (Å²) in [5.41, 5.74) is 5.32. The van der Waals surface area contributed by atoms with E-state index in [4.69, 9.17) is 0 Å².